The molecule has 1 saturated heterocycles. The second-order valence-corrected chi connectivity index (χ2v) is 8.67. The lowest BCUT2D eigenvalue weighted by atomic mass is 9.87. The highest BCUT2D eigenvalue weighted by molar-refractivity contribution is 5.85. The van der Waals surface area contributed by atoms with Crippen LogP contribution in [0.5, 0.6) is 5.75 Å². The fourth-order valence-electron chi connectivity index (χ4n) is 4.37. The van der Waals surface area contributed by atoms with Gasteiger partial charge in [-0.3, -0.25) is 4.98 Å². The molecule has 3 aromatic rings. The molecule has 0 saturated carbocycles. The second-order valence-electron chi connectivity index (χ2n) is 8.67. The number of fused-ring (bicyclic) bond motifs is 1. The number of amides is 1. The van der Waals surface area contributed by atoms with Gasteiger partial charge in [-0.2, -0.15) is 0 Å². The first-order valence-electron chi connectivity index (χ1n) is 11.5. The third-order valence-corrected chi connectivity index (χ3v) is 6.45. The molecule has 35 heavy (non-hydrogen) atoms. The van der Waals surface area contributed by atoms with Crippen LogP contribution < -0.4 is 10.1 Å². The number of pyridine rings is 1. The van der Waals surface area contributed by atoms with E-state index in [2.05, 4.69) is 10.3 Å². The van der Waals surface area contributed by atoms with E-state index in [0.29, 0.717) is 25.4 Å². The summed E-state index contributed by atoms with van der Waals surface area (Å²) in [6.07, 6.45) is 0.487. The molecule has 1 aromatic heterocycles. The van der Waals surface area contributed by atoms with Crippen molar-refractivity contribution in [2.75, 3.05) is 26.7 Å². The summed E-state index contributed by atoms with van der Waals surface area (Å²) in [5, 5.41) is 24.2. The number of likely N-dealkylation sites (tertiary alicyclic amines) is 1. The molecule has 0 unspecified atom stereocenters. The average molecular weight is 480 g/mol. The Labute approximate surface area is 203 Å². The maximum atomic E-state index is 12.3. The predicted octanol–water partition coefficient (Wildman–Crippen LogP) is 3.12. The van der Waals surface area contributed by atoms with Gasteiger partial charge in [-0.1, -0.05) is 30.3 Å². The van der Waals surface area contributed by atoms with Crippen LogP contribution in [-0.4, -0.2) is 64.4 Å². The highest BCUT2D eigenvalue weighted by Gasteiger charge is 2.43. The number of β-amino-alcohol motifs (C(OH)–C–C–N with tert-alkyl or cyclic N) is 1. The Morgan fingerprint density at radius 3 is 2.57 bits per heavy atom. The number of hydrogen-bond donors (Lipinski definition) is 3. The van der Waals surface area contributed by atoms with Crippen LogP contribution in [0.3, 0.4) is 0 Å². The number of carbonyl (C=O) groups excluding carboxylic acids is 1. The molecular weight excluding hydrogens is 450 g/mol. The van der Waals surface area contributed by atoms with Crippen LogP contribution in [0.2, 0.25) is 0 Å². The summed E-state index contributed by atoms with van der Waals surface area (Å²) in [6.45, 7) is 1.18. The first-order valence-corrected chi connectivity index (χ1v) is 11.5. The van der Waals surface area contributed by atoms with Gasteiger partial charge in [0, 0.05) is 31.2 Å². The minimum Gasteiger partial charge on any atom is -0.497 e. The summed E-state index contributed by atoms with van der Waals surface area (Å²) in [6, 6.07) is 16.5. The van der Waals surface area contributed by atoms with E-state index in [1.807, 2.05) is 53.4 Å². The van der Waals surface area contributed by atoms with Gasteiger partial charge in [0.1, 0.15) is 17.9 Å². The van der Waals surface area contributed by atoms with E-state index >= 15 is 0 Å². The number of aliphatic hydroxyl groups is 1. The Hall–Kier alpha value is -3.69. The van der Waals surface area contributed by atoms with Crippen LogP contribution >= 0.6 is 0 Å². The molecule has 1 aliphatic heterocycles. The van der Waals surface area contributed by atoms with E-state index < -0.39 is 23.7 Å². The maximum Gasteiger partial charge on any atom is 0.408 e. The standard InChI is InChI=1S/C26H29N3O6/c1-34-19-7-8-22-21(15-19)20(9-12-27-22)23(30)16-29-13-10-26(11-14-29,24(31)32)28-25(33)35-17-18-5-3-2-4-6-18/h2-9,12,15,23,30H,10-11,13-14,16-17H2,1H3,(H,28,33)(H,31,32)/t23-/m1/s1. The van der Waals surface area contributed by atoms with Gasteiger partial charge in [0.25, 0.3) is 0 Å². The van der Waals surface area contributed by atoms with Gasteiger partial charge < -0.3 is 29.9 Å². The topological polar surface area (TPSA) is 121 Å². The van der Waals surface area contributed by atoms with Gasteiger partial charge >= 0.3 is 12.1 Å². The van der Waals surface area contributed by atoms with Crippen LogP contribution in [0.4, 0.5) is 4.79 Å². The number of aliphatic carboxylic acids is 1. The Morgan fingerprint density at radius 1 is 1.14 bits per heavy atom. The van der Waals surface area contributed by atoms with Crippen LogP contribution in [0.25, 0.3) is 10.9 Å². The number of aromatic nitrogens is 1. The molecule has 1 aliphatic rings. The third-order valence-electron chi connectivity index (χ3n) is 6.45. The first kappa shape index (κ1) is 24.4. The highest BCUT2D eigenvalue weighted by Crippen LogP contribution is 2.29. The lowest BCUT2D eigenvalue weighted by molar-refractivity contribution is -0.147. The zero-order valence-electron chi connectivity index (χ0n) is 19.5. The molecule has 0 radical (unpaired) electrons. The van der Waals surface area contributed by atoms with Crippen molar-refractivity contribution in [3.05, 3.63) is 71.9 Å². The highest BCUT2D eigenvalue weighted by atomic mass is 16.5. The molecule has 2 heterocycles. The van der Waals surface area contributed by atoms with E-state index in [-0.39, 0.29) is 19.4 Å². The van der Waals surface area contributed by atoms with Crippen molar-refractivity contribution in [2.45, 2.75) is 31.1 Å². The zero-order valence-corrected chi connectivity index (χ0v) is 19.5. The predicted molar refractivity (Wildman–Crippen MR) is 129 cm³/mol. The van der Waals surface area contributed by atoms with Crippen molar-refractivity contribution in [3.8, 4) is 5.75 Å². The number of ether oxygens (including phenoxy) is 2. The number of benzene rings is 2. The van der Waals surface area contributed by atoms with E-state index in [1.54, 1.807) is 19.4 Å². The van der Waals surface area contributed by atoms with E-state index in [9.17, 15) is 19.8 Å². The molecule has 0 aliphatic carbocycles. The van der Waals surface area contributed by atoms with Crippen molar-refractivity contribution in [3.63, 3.8) is 0 Å². The number of nitrogens with one attached hydrogen (secondary N) is 1. The van der Waals surface area contributed by atoms with Crippen molar-refractivity contribution in [2.24, 2.45) is 0 Å². The number of nitrogens with zero attached hydrogens (tertiary/aromatic N) is 2. The number of hydrogen-bond acceptors (Lipinski definition) is 7. The zero-order chi connectivity index (χ0) is 24.8. The number of aliphatic hydroxyl groups excluding tert-OH is 1. The molecule has 9 nitrogen and oxygen atoms in total. The second kappa shape index (κ2) is 10.7. The van der Waals surface area contributed by atoms with Gasteiger partial charge in [-0.15, -0.1) is 0 Å². The van der Waals surface area contributed by atoms with Crippen molar-refractivity contribution < 1.29 is 29.3 Å². The molecule has 2 aromatic carbocycles. The number of rotatable bonds is 8. The number of carboxylic acid groups (broad SMARTS) is 1. The summed E-state index contributed by atoms with van der Waals surface area (Å²) in [5.41, 5.74) is 0.888. The SMILES string of the molecule is COc1ccc2nccc([C@H](O)CN3CCC(NC(=O)OCc4ccccc4)(C(=O)O)CC3)c2c1. The number of carboxylic acids is 1. The number of alkyl carbamates (subject to hydrolysis) is 1. The molecule has 1 fully saturated rings. The van der Waals surface area contributed by atoms with Crippen LogP contribution in [0.1, 0.15) is 30.1 Å². The summed E-state index contributed by atoms with van der Waals surface area (Å²) in [7, 11) is 1.58. The lowest BCUT2D eigenvalue weighted by Gasteiger charge is -2.39. The molecule has 1 amide bonds. The average Bonchev–Trinajstić information content (AvgIpc) is 2.88. The van der Waals surface area contributed by atoms with Crippen molar-refractivity contribution >= 4 is 23.0 Å². The van der Waals surface area contributed by atoms with Gasteiger partial charge in [0.15, 0.2) is 0 Å². The van der Waals surface area contributed by atoms with E-state index in [4.69, 9.17) is 9.47 Å². The van der Waals surface area contributed by atoms with Gasteiger partial charge in [0.05, 0.1) is 18.7 Å². The fraction of sp³-hybridized carbons (Fsp3) is 0.346. The smallest absolute Gasteiger partial charge is 0.408 e. The van der Waals surface area contributed by atoms with Crippen molar-refractivity contribution in [1.82, 2.24) is 15.2 Å². The summed E-state index contributed by atoms with van der Waals surface area (Å²) >= 11 is 0. The third kappa shape index (κ3) is 5.70. The molecule has 0 bridgehead atoms. The molecular formula is C26H29N3O6. The number of carbonyl (C=O) groups is 2. The lowest BCUT2D eigenvalue weighted by Crippen LogP contribution is -2.60. The molecule has 1 atom stereocenters. The molecule has 4 rings (SSSR count). The van der Waals surface area contributed by atoms with Gasteiger partial charge in [-0.25, -0.2) is 9.59 Å². The molecule has 184 valence electrons. The minimum absolute atomic E-state index is 0.0609. The monoisotopic (exact) mass is 479 g/mol. The van der Waals surface area contributed by atoms with Gasteiger partial charge in [0.2, 0.25) is 0 Å². The molecule has 3 N–H and O–H groups in total. The molecule has 9 heteroatoms. The molecule has 0 spiro atoms. The fourth-order valence-corrected chi connectivity index (χ4v) is 4.37. The summed E-state index contributed by atoms with van der Waals surface area (Å²) in [5.74, 6) is -0.421. The largest absolute Gasteiger partial charge is 0.497 e. The Kier molecular flexibility index (Phi) is 7.48. The van der Waals surface area contributed by atoms with Crippen LogP contribution in [-0.2, 0) is 16.1 Å². The van der Waals surface area contributed by atoms with Crippen molar-refractivity contribution in [1.29, 1.82) is 0 Å². The number of piperidine rings is 1. The Balaban J connectivity index is 1.37. The normalized spacial score (nSPS) is 16.4. The van der Waals surface area contributed by atoms with Crippen LogP contribution in [0, 0.1) is 0 Å². The van der Waals surface area contributed by atoms with E-state index in [0.717, 1.165) is 22.0 Å². The first-order chi connectivity index (χ1) is 16.9. The van der Waals surface area contributed by atoms with Gasteiger partial charge in [-0.05, 0) is 48.2 Å². The van der Waals surface area contributed by atoms with Crippen LogP contribution in [0.15, 0.2) is 60.8 Å². The Morgan fingerprint density at radius 2 is 1.89 bits per heavy atom. The van der Waals surface area contributed by atoms with E-state index in [1.165, 1.54) is 0 Å². The minimum atomic E-state index is -1.41. The summed E-state index contributed by atoms with van der Waals surface area (Å²) in [4.78, 5) is 30.8. The maximum absolute atomic E-state index is 12.3. The Bertz CT molecular complexity index is 1180. The number of methoxy groups -OCH3 is 1. The quantitative estimate of drug-likeness (QED) is 0.451. The summed E-state index contributed by atoms with van der Waals surface area (Å²) < 4.78 is 10.5.